The number of halogens is 2. The van der Waals surface area contributed by atoms with E-state index >= 15 is 0 Å². The van der Waals surface area contributed by atoms with Gasteiger partial charge in [0.15, 0.2) is 0 Å². The first-order valence-corrected chi connectivity index (χ1v) is 8.00. The van der Waals surface area contributed by atoms with Crippen molar-refractivity contribution in [3.05, 3.63) is 74.3 Å². The molecular weight excluding hydrogens is 331 g/mol. The summed E-state index contributed by atoms with van der Waals surface area (Å²) in [5.41, 5.74) is 2.08. The average molecular weight is 347 g/mol. The third-order valence-electron chi connectivity index (χ3n) is 3.85. The molecule has 0 aliphatic heterocycles. The number of aryl methyl sites for hydroxylation is 2. The molecule has 0 bridgehead atoms. The van der Waals surface area contributed by atoms with E-state index in [-0.39, 0.29) is 6.61 Å². The van der Waals surface area contributed by atoms with Crippen LogP contribution in [0.25, 0.3) is 11.0 Å². The molecular formula is C19H16ClFO3. The quantitative estimate of drug-likeness (QED) is 0.621. The minimum Gasteiger partial charge on any atom is -0.488 e. The molecule has 3 aromatic rings. The minimum absolute atomic E-state index is 0.00760. The van der Waals surface area contributed by atoms with Gasteiger partial charge in [0.1, 0.15) is 23.8 Å². The van der Waals surface area contributed by atoms with Gasteiger partial charge in [-0.2, -0.15) is 0 Å². The number of rotatable bonds is 4. The van der Waals surface area contributed by atoms with Crippen LogP contribution in [-0.2, 0) is 13.0 Å². The summed E-state index contributed by atoms with van der Waals surface area (Å²) in [5.74, 6) is 0.131. The second-order valence-corrected chi connectivity index (χ2v) is 5.98. The van der Waals surface area contributed by atoms with Crippen LogP contribution in [0.2, 0.25) is 5.02 Å². The zero-order valence-corrected chi connectivity index (χ0v) is 14.1. The minimum atomic E-state index is -0.415. The van der Waals surface area contributed by atoms with Gasteiger partial charge in [0.05, 0.1) is 10.4 Å². The average Bonchev–Trinajstić information content (AvgIpc) is 2.52. The molecule has 24 heavy (non-hydrogen) atoms. The van der Waals surface area contributed by atoms with Crippen LogP contribution in [0.15, 0.2) is 45.6 Å². The van der Waals surface area contributed by atoms with Gasteiger partial charge in [-0.25, -0.2) is 9.18 Å². The van der Waals surface area contributed by atoms with Gasteiger partial charge < -0.3 is 9.15 Å². The van der Waals surface area contributed by atoms with Gasteiger partial charge in [0, 0.05) is 11.6 Å². The molecule has 2 aromatic carbocycles. The molecule has 0 spiro atoms. The Morgan fingerprint density at radius 2 is 2.04 bits per heavy atom. The Morgan fingerprint density at radius 1 is 1.25 bits per heavy atom. The molecule has 0 N–H and O–H groups in total. The van der Waals surface area contributed by atoms with Crippen LogP contribution in [0.4, 0.5) is 4.39 Å². The number of ether oxygens (including phenoxy) is 1. The first kappa shape index (κ1) is 16.5. The lowest BCUT2D eigenvalue weighted by atomic mass is 10.0. The Balaban J connectivity index is 2.07. The largest absolute Gasteiger partial charge is 0.488 e. The zero-order chi connectivity index (χ0) is 17.3. The molecule has 0 amide bonds. The fourth-order valence-electron chi connectivity index (χ4n) is 2.68. The van der Waals surface area contributed by atoms with Gasteiger partial charge in [-0.15, -0.1) is 0 Å². The van der Waals surface area contributed by atoms with E-state index in [2.05, 4.69) is 0 Å². The van der Waals surface area contributed by atoms with Crippen molar-refractivity contribution < 1.29 is 13.5 Å². The van der Waals surface area contributed by atoms with E-state index in [1.165, 1.54) is 12.1 Å². The Morgan fingerprint density at radius 3 is 2.75 bits per heavy atom. The predicted octanol–water partition coefficient (Wildman–Crippen LogP) is 5.04. The van der Waals surface area contributed by atoms with Crippen molar-refractivity contribution >= 4 is 22.6 Å². The van der Waals surface area contributed by atoms with Crippen LogP contribution in [-0.4, -0.2) is 0 Å². The number of fused-ring (bicyclic) bond motifs is 1. The molecule has 0 unspecified atom stereocenters. The highest BCUT2D eigenvalue weighted by Gasteiger charge is 2.14. The second kappa shape index (κ2) is 6.65. The lowest BCUT2D eigenvalue weighted by Crippen LogP contribution is -2.04. The zero-order valence-electron chi connectivity index (χ0n) is 13.4. The summed E-state index contributed by atoms with van der Waals surface area (Å²) in [4.78, 5) is 11.7. The molecule has 0 saturated carbocycles. The van der Waals surface area contributed by atoms with E-state index in [0.29, 0.717) is 28.3 Å². The summed E-state index contributed by atoms with van der Waals surface area (Å²) < 4.78 is 25.1. The number of benzene rings is 2. The Kier molecular flexibility index (Phi) is 4.58. The first-order chi connectivity index (χ1) is 11.5. The smallest absolute Gasteiger partial charge is 0.336 e. The lowest BCUT2D eigenvalue weighted by molar-refractivity contribution is 0.303. The van der Waals surface area contributed by atoms with E-state index in [1.54, 1.807) is 18.2 Å². The van der Waals surface area contributed by atoms with Gasteiger partial charge >= 0.3 is 5.63 Å². The van der Waals surface area contributed by atoms with Crippen LogP contribution in [0.3, 0.4) is 0 Å². The number of hydrogen-bond acceptors (Lipinski definition) is 3. The lowest BCUT2D eigenvalue weighted by Gasteiger charge is -2.13. The second-order valence-electron chi connectivity index (χ2n) is 5.57. The van der Waals surface area contributed by atoms with E-state index < -0.39 is 11.4 Å². The molecule has 3 nitrogen and oxygen atoms in total. The van der Waals surface area contributed by atoms with Crippen LogP contribution in [0.5, 0.6) is 5.75 Å². The highest BCUT2D eigenvalue weighted by molar-refractivity contribution is 6.31. The normalized spacial score (nSPS) is 11.0. The molecule has 0 radical (unpaired) electrons. The highest BCUT2D eigenvalue weighted by atomic mass is 35.5. The Bertz CT molecular complexity index is 942. The standard InChI is InChI=1S/C19H16ClFO3/c1-3-12-9-18(22)24-17-8-11(2)7-16(19(12)17)23-10-13-14(20)5-4-6-15(13)21/h4-9H,3,10H2,1-2H3. The van der Waals surface area contributed by atoms with Crippen LogP contribution in [0.1, 0.15) is 23.6 Å². The maximum atomic E-state index is 13.9. The molecule has 0 saturated heterocycles. The first-order valence-electron chi connectivity index (χ1n) is 7.62. The van der Waals surface area contributed by atoms with Crippen LogP contribution < -0.4 is 10.4 Å². The summed E-state index contributed by atoms with van der Waals surface area (Å²) in [6.45, 7) is 3.82. The van der Waals surface area contributed by atoms with Crippen molar-refractivity contribution in [1.82, 2.24) is 0 Å². The van der Waals surface area contributed by atoms with Crippen LogP contribution >= 0.6 is 11.6 Å². The molecule has 0 aliphatic carbocycles. The van der Waals surface area contributed by atoms with Crippen molar-refractivity contribution in [2.24, 2.45) is 0 Å². The maximum Gasteiger partial charge on any atom is 0.336 e. The van der Waals surface area contributed by atoms with Crippen LogP contribution in [0, 0.1) is 12.7 Å². The molecule has 0 fully saturated rings. The molecule has 1 heterocycles. The van der Waals surface area contributed by atoms with E-state index in [9.17, 15) is 9.18 Å². The summed E-state index contributed by atoms with van der Waals surface area (Å²) in [6, 6.07) is 9.60. The summed E-state index contributed by atoms with van der Waals surface area (Å²) in [6.07, 6.45) is 0.655. The van der Waals surface area contributed by atoms with Crippen molar-refractivity contribution in [3.8, 4) is 5.75 Å². The molecule has 0 aliphatic rings. The molecule has 1 aromatic heterocycles. The summed E-state index contributed by atoms with van der Waals surface area (Å²) >= 11 is 6.04. The fraction of sp³-hybridized carbons (Fsp3) is 0.211. The topological polar surface area (TPSA) is 39.4 Å². The van der Waals surface area contributed by atoms with Gasteiger partial charge in [-0.05, 0) is 48.7 Å². The van der Waals surface area contributed by atoms with Gasteiger partial charge in [-0.3, -0.25) is 0 Å². The van der Waals surface area contributed by atoms with E-state index in [1.807, 2.05) is 19.9 Å². The van der Waals surface area contributed by atoms with Crippen molar-refractivity contribution in [2.75, 3.05) is 0 Å². The molecule has 5 heteroatoms. The van der Waals surface area contributed by atoms with Crippen molar-refractivity contribution in [2.45, 2.75) is 26.9 Å². The maximum absolute atomic E-state index is 13.9. The van der Waals surface area contributed by atoms with Gasteiger partial charge in [0.2, 0.25) is 0 Å². The SMILES string of the molecule is CCc1cc(=O)oc2cc(C)cc(OCc3c(F)cccc3Cl)c12. The van der Waals surface area contributed by atoms with E-state index in [0.717, 1.165) is 16.5 Å². The van der Waals surface area contributed by atoms with Gasteiger partial charge in [-0.1, -0.05) is 24.6 Å². The Hall–Kier alpha value is -2.33. The molecule has 124 valence electrons. The predicted molar refractivity (Wildman–Crippen MR) is 92.3 cm³/mol. The summed E-state index contributed by atoms with van der Waals surface area (Å²) in [7, 11) is 0. The monoisotopic (exact) mass is 346 g/mol. The van der Waals surface area contributed by atoms with Crippen molar-refractivity contribution in [3.63, 3.8) is 0 Å². The Labute approximate surface area is 143 Å². The van der Waals surface area contributed by atoms with E-state index in [4.69, 9.17) is 20.8 Å². The number of hydrogen-bond donors (Lipinski definition) is 0. The molecule has 0 atom stereocenters. The molecule has 3 rings (SSSR count). The highest BCUT2D eigenvalue weighted by Crippen LogP contribution is 2.31. The summed E-state index contributed by atoms with van der Waals surface area (Å²) in [5, 5.41) is 1.05. The fourth-order valence-corrected chi connectivity index (χ4v) is 2.90. The van der Waals surface area contributed by atoms with Crippen molar-refractivity contribution in [1.29, 1.82) is 0 Å². The van der Waals surface area contributed by atoms with Gasteiger partial charge in [0.25, 0.3) is 0 Å². The third-order valence-corrected chi connectivity index (χ3v) is 4.20. The third kappa shape index (κ3) is 3.15.